The van der Waals surface area contributed by atoms with Crippen molar-refractivity contribution in [3.63, 3.8) is 0 Å². The fourth-order valence-electron chi connectivity index (χ4n) is 4.13. The molecule has 4 aromatic rings. The van der Waals surface area contributed by atoms with Crippen LogP contribution in [0.3, 0.4) is 0 Å². The second-order valence-electron chi connectivity index (χ2n) is 8.10. The third-order valence-electron chi connectivity index (χ3n) is 5.54. The van der Waals surface area contributed by atoms with Crippen LogP contribution in [-0.4, -0.2) is 21.7 Å². The van der Waals surface area contributed by atoms with Crippen molar-refractivity contribution in [1.82, 2.24) is 4.98 Å². The summed E-state index contributed by atoms with van der Waals surface area (Å²) < 4.78 is 1.78. The summed E-state index contributed by atoms with van der Waals surface area (Å²) in [7, 11) is 0. The standard InChI is InChI=1S/C25H24N4O3S/c1-15-11-17(3)29(18(4)12-15)27-25(30)24-23(20-8-6-5-7-16(20)2)21-13-19(33-14-28(31)32)9-10-22(21)26-24/h5-13H,14H2,1-4H3,(H-,26,27,30)/p+1. The highest BCUT2D eigenvalue weighted by atomic mass is 32.2. The van der Waals surface area contributed by atoms with Gasteiger partial charge in [-0.1, -0.05) is 28.9 Å². The highest BCUT2D eigenvalue weighted by Crippen LogP contribution is 2.36. The van der Waals surface area contributed by atoms with Crippen molar-refractivity contribution in [1.29, 1.82) is 0 Å². The number of carbonyl (C=O) groups excluding carboxylic acids is 1. The summed E-state index contributed by atoms with van der Waals surface area (Å²) in [5.41, 5.74) is 9.99. The van der Waals surface area contributed by atoms with Gasteiger partial charge in [-0.25, -0.2) is 0 Å². The summed E-state index contributed by atoms with van der Waals surface area (Å²) in [5.74, 6) is -0.477. The van der Waals surface area contributed by atoms with Crippen LogP contribution < -0.4 is 10.1 Å². The fourth-order valence-corrected chi connectivity index (χ4v) is 4.75. The Balaban J connectivity index is 1.85. The highest BCUT2D eigenvalue weighted by Gasteiger charge is 2.24. The van der Waals surface area contributed by atoms with Gasteiger partial charge in [-0.15, -0.1) is 5.43 Å². The average Bonchev–Trinajstić information content (AvgIpc) is 3.13. The van der Waals surface area contributed by atoms with E-state index in [1.165, 1.54) is 0 Å². The first-order chi connectivity index (χ1) is 15.7. The molecule has 0 aliphatic carbocycles. The molecule has 0 atom stereocenters. The van der Waals surface area contributed by atoms with Crippen LogP contribution in [0.4, 0.5) is 0 Å². The zero-order valence-electron chi connectivity index (χ0n) is 18.9. The Morgan fingerprint density at radius 3 is 2.42 bits per heavy atom. The second-order valence-corrected chi connectivity index (χ2v) is 9.11. The van der Waals surface area contributed by atoms with E-state index in [1.807, 2.05) is 82.3 Å². The maximum atomic E-state index is 13.5. The van der Waals surface area contributed by atoms with Gasteiger partial charge in [0.15, 0.2) is 0 Å². The maximum Gasteiger partial charge on any atom is 0.322 e. The zero-order valence-corrected chi connectivity index (χ0v) is 19.7. The van der Waals surface area contributed by atoms with Gasteiger partial charge in [0.05, 0.1) is 0 Å². The van der Waals surface area contributed by atoms with Gasteiger partial charge in [0.2, 0.25) is 11.4 Å². The number of aryl methyl sites for hydroxylation is 4. The molecule has 4 rings (SSSR count). The number of hydrogen-bond donors (Lipinski definition) is 2. The van der Waals surface area contributed by atoms with Crippen molar-refractivity contribution in [3.05, 3.63) is 92.9 Å². The molecule has 0 spiro atoms. The first-order valence-corrected chi connectivity index (χ1v) is 11.5. The second kappa shape index (κ2) is 9.07. The molecule has 0 saturated carbocycles. The Bertz CT molecular complexity index is 1370. The summed E-state index contributed by atoms with van der Waals surface area (Å²) in [6.45, 7) is 7.93. The molecule has 0 saturated heterocycles. The number of aromatic amines is 1. The highest BCUT2D eigenvalue weighted by molar-refractivity contribution is 7.99. The van der Waals surface area contributed by atoms with Gasteiger partial charge in [0.1, 0.15) is 5.69 Å². The lowest BCUT2D eigenvalue weighted by Crippen LogP contribution is -2.53. The molecule has 0 bridgehead atoms. The summed E-state index contributed by atoms with van der Waals surface area (Å²) in [5, 5.41) is 11.7. The van der Waals surface area contributed by atoms with Crippen molar-refractivity contribution in [2.24, 2.45) is 0 Å². The summed E-state index contributed by atoms with van der Waals surface area (Å²) in [6.07, 6.45) is 0. The number of nitrogens with zero attached hydrogens (tertiary/aromatic N) is 2. The number of thioether (sulfide) groups is 1. The molecule has 2 N–H and O–H groups in total. The molecule has 2 heterocycles. The molecule has 0 aliphatic rings. The van der Waals surface area contributed by atoms with Gasteiger partial charge in [-0.3, -0.25) is 14.9 Å². The number of fused-ring (bicyclic) bond motifs is 1. The first-order valence-electron chi connectivity index (χ1n) is 10.5. The van der Waals surface area contributed by atoms with E-state index in [4.69, 9.17) is 0 Å². The zero-order chi connectivity index (χ0) is 23.7. The van der Waals surface area contributed by atoms with Crippen LogP contribution in [0.2, 0.25) is 0 Å². The summed E-state index contributed by atoms with van der Waals surface area (Å²) >= 11 is 1.16. The molecule has 0 fully saturated rings. The monoisotopic (exact) mass is 461 g/mol. The van der Waals surface area contributed by atoms with Gasteiger partial charge in [0, 0.05) is 52.3 Å². The largest absolute Gasteiger partial charge is 0.350 e. The number of nitro groups is 1. The van der Waals surface area contributed by atoms with Crippen LogP contribution >= 0.6 is 11.8 Å². The first kappa shape index (κ1) is 22.5. The molecule has 33 heavy (non-hydrogen) atoms. The van der Waals surface area contributed by atoms with E-state index in [2.05, 4.69) is 10.4 Å². The van der Waals surface area contributed by atoms with Crippen molar-refractivity contribution < 1.29 is 14.4 Å². The fraction of sp³-hybridized carbons (Fsp3) is 0.200. The number of rotatable bonds is 6. The predicted molar refractivity (Wildman–Crippen MR) is 131 cm³/mol. The lowest BCUT2D eigenvalue weighted by atomic mass is 9.97. The molecular weight excluding hydrogens is 436 g/mol. The predicted octanol–water partition coefficient (Wildman–Crippen LogP) is 5.07. The molecule has 7 nitrogen and oxygen atoms in total. The van der Waals surface area contributed by atoms with Gasteiger partial charge >= 0.3 is 5.91 Å². The number of aromatic nitrogens is 2. The number of H-pyrrole nitrogens is 1. The molecule has 2 aromatic heterocycles. The average molecular weight is 462 g/mol. The topological polar surface area (TPSA) is 91.9 Å². The number of hydrogen-bond acceptors (Lipinski definition) is 4. The van der Waals surface area contributed by atoms with Gasteiger partial charge in [-0.05, 0) is 60.5 Å². The molecule has 2 aromatic carbocycles. The minimum atomic E-state index is -0.351. The van der Waals surface area contributed by atoms with Crippen LogP contribution in [0.1, 0.15) is 33.0 Å². The molecule has 1 amide bonds. The Morgan fingerprint density at radius 1 is 1.06 bits per heavy atom. The smallest absolute Gasteiger partial charge is 0.322 e. The van der Waals surface area contributed by atoms with Crippen LogP contribution in [0.25, 0.3) is 22.0 Å². The van der Waals surface area contributed by atoms with Crippen molar-refractivity contribution >= 4 is 28.6 Å². The van der Waals surface area contributed by atoms with Crippen LogP contribution in [0.15, 0.2) is 59.5 Å². The van der Waals surface area contributed by atoms with Crippen molar-refractivity contribution in [3.8, 4) is 11.1 Å². The SMILES string of the molecule is Cc1cc(C)[n+](NC(=O)c2[nH]c3ccc(SC[N+](=O)[O-])cc3c2-c2ccccc2C)c(C)c1. The van der Waals surface area contributed by atoms with E-state index in [1.54, 1.807) is 4.68 Å². The van der Waals surface area contributed by atoms with E-state index in [9.17, 15) is 14.9 Å². The van der Waals surface area contributed by atoms with E-state index in [-0.39, 0.29) is 16.7 Å². The number of benzene rings is 2. The molecular formula is C25H25N4O3S+. The lowest BCUT2D eigenvalue weighted by molar-refractivity contribution is -0.654. The minimum Gasteiger partial charge on any atom is -0.350 e. The minimum absolute atomic E-state index is 0.217. The molecule has 8 heteroatoms. The van der Waals surface area contributed by atoms with Crippen LogP contribution in [-0.2, 0) is 0 Å². The Hall–Kier alpha value is -3.65. The van der Waals surface area contributed by atoms with Gasteiger partial charge in [0.25, 0.3) is 5.88 Å². The van der Waals surface area contributed by atoms with E-state index >= 15 is 0 Å². The summed E-state index contributed by atoms with van der Waals surface area (Å²) in [6, 6.07) is 17.5. The van der Waals surface area contributed by atoms with E-state index in [0.29, 0.717) is 5.69 Å². The van der Waals surface area contributed by atoms with Gasteiger partial charge < -0.3 is 4.98 Å². The van der Waals surface area contributed by atoms with Crippen LogP contribution in [0, 0.1) is 37.8 Å². The van der Waals surface area contributed by atoms with Crippen LogP contribution in [0.5, 0.6) is 0 Å². The molecule has 0 radical (unpaired) electrons. The number of nitrogens with one attached hydrogen (secondary N) is 2. The van der Waals surface area contributed by atoms with E-state index in [0.717, 1.165) is 61.2 Å². The Morgan fingerprint density at radius 2 is 1.76 bits per heavy atom. The lowest BCUT2D eigenvalue weighted by Gasteiger charge is -2.09. The quantitative estimate of drug-likeness (QED) is 0.138. The van der Waals surface area contributed by atoms with Crippen molar-refractivity contribution in [2.45, 2.75) is 32.6 Å². The normalized spacial score (nSPS) is 11.0. The Labute approximate surface area is 196 Å². The third kappa shape index (κ3) is 4.61. The van der Waals surface area contributed by atoms with Crippen molar-refractivity contribution in [2.75, 3.05) is 11.3 Å². The van der Waals surface area contributed by atoms with E-state index < -0.39 is 0 Å². The molecule has 0 unspecified atom stereocenters. The molecule has 0 aliphatic heterocycles. The van der Waals surface area contributed by atoms with Gasteiger partial charge in [-0.2, -0.15) is 0 Å². The maximum absolute atomic E-state index is 13.5. The number of pyridine rings is 1. The number of carbonyl (C=O) groups is 1. The summed E-state index contributed by atoms with van der Waals surface area (Å²) in [4.78, 5) is 28.1. The Kier molecular flexibility index (Phi) is 6.20. The molecule has 168 valence electrons. The number of amides is 1. The third-order valence-corrected chi connectivity index (χ3v) is 6.47.